The molecule has 0 fully saturated rings. The summed E-state index contributed by atoms with van der Waals surface area (Å²) in [5.74, 6) is 1.02. The molecule has 2 rings (SSSR count). The molecule has 0 bridgehead atoms. The lowest BCUT2D eigenvalue weighted by molar-refractivity contribution is 0.269. The second-order valence-corrected chi connectivity index (χ2v) is 5.89. The Bertz CT molecular complexity index is 429. The minimum absolute atomic E-state index is 0.116. The third-order valence-electron chi connectivity index (χ3n) is 3.83. The summed E-state index contributed by atoms with van der Waals surface area (Å²) in [6.45, 7) is 2.19. The van der Waals surface area contributed by atoms with Gasteiger partial charge in [0, 0.05) is 18.1 Å². The van der Waals surface area contributed by atoms with Crippen LogP contribution in [0.1, 0.15) is 48.8 Å². The topological polar surface area (TPSA) is 29.5 Å². The predicted octanol–water partition coefficient (Wildman–Crippen LogP) is 3.82. The molecule has 1 aromatic rings. The number of fused-ring (bicyclic) bond motifs is 1. The number of ether oxygens (including phenoxy) is 1. The fourth-order valence-corrected chi connectivity index (χ4v) is 3.55. The van der Waals surface area contributed by atoms with E-state index in [0.717, 1.165) is 28.6 Å². The van der Waals surface area contributed by atoms with Crippen molar-refractivity contribution in [3.63, 3.8) is 0 Å². The van der Waals surface area contributed by atoms with E-state index in [1.54, 1.807) is 7.11 Å². The molecule has 2 nitrogen and oxygen atoms in total. The Hall–Kier alpha value is -0.540. The first-order chi connectivity index (χ1) is 8.69. The molecule has 0 saturated heterocycles. The average molecular weight is 313 g/mol. The van der Waals surface area contributed by atoms with Crippen LogP contribution in [0.5, 0.6) is 5.75 Å². The van der Waals surface area contributed by atoms with Gasteiger partial charge in [-0.15, -0.1) is 0 Å². The van der Waals surface area contributed by atoms with Gasteiger partial charge in [0.1, 0.15) is 5.75 Å². The molecule has 1 aromatic carbocycles. The monoisotopic (exact) mass is 312 g/mol. The van der Waals surface area contributed by atoms with E-state index >= 15 is 0 Å². The van der Waals surface area contributed by atoms with Crippen molar-refractivity contribution in [2.24, 2.45) is 0 Å². The van der Waals surface area contributed by atoms with Crippen LogP contribution < -0.4 is 4.74 Å². The van der Waals surface area contributed by atoms with Crippen molar-refractivity contribution >= 4 is 15.9 Å². The molecule has 0 heterocycles. The van der Waals surface area contributed by atoms with Gasteiger partial charge < -0.3 is 9.84 Å². The Balaban J connectivity index is 2.54. The summed E-state index contributed by atoms with van der Waals surface area (Å²) in [6.07, 6.45) is 6.08. The zero-order chi connectivity index (χ0) is 13.1. The number of benzene rings is 1. The number of methoxy groups -OCH3 is 1. The first-order valence-electron chi connectivity index (χ1n) is 6.68. The van der Waals surface area contributed by atoms with Crippen LogP contribution in [0.25, 0.3) is 0 Å². The highest BCUT2D eigenvalue weighted by atomic mass is 79.9. The zero-order valence-electron chi connectivity index (χ0n) is 11.1. The average Bonchev–Trinajstić information content (AvgIpc) is 2.63. The van der Waals surface area contributed by atoms with Gasteiger partial charge >= 0.3 is 0 Å². The maximum atomic E-state index is 9.39. The lowest BCUT2D eigenvalue weighted by Crippen LogP contribution is -2.06. The minimum atomic E-state index is 0.116. The molecule has 0 spiro atoms. The van der Waals surface area contributed by atoms with Gasteiger partial charge in [0.15, 0.2) is 0 Å². The van der Waals surface area contributed by atoms with Crippen molar-refractivity contribution in [1.82, 2.24) is 0 Å². The first kappa shape index (κ1) is 13.9. The number of aryl methyl sites for hydroxylation is 1. The number of hydrogen-bond acceptors (Lipinski definition) is 2. The van der Waals surface area contributed by atoms with E-state index in [2.05, 4.69) is 22.0 Å². The maximum Gasteiger partial charge on any atom is 0.136 e. The Morgan fingerprint density at radius 1 is 1.33 bits per heavy atom. The smallest absolute Gasteiger partial charge is 0.136 e. The highest BCUT2D eigenvalue weighted by Crippen LogP contribution is 2.40. The summed E-state index contributed by atoms with van der Waals surface area (Å²) in [6, 6.07) is 2.24. The number of aliphatic hydroxyl groups is 1. The highest BCUT2D eigenvalue weighted by molar-refractivity contribution is 9.10. The van der Waals surface area contributed by atoms with Crippen LogP contribution in [0.15, 0.2) is 10.5 Å². The Morgan fingerprint density at radius 2 is 2.06 bits per heavy atom. The highest BCUT2D eigenvalue weighted by Gasteiger charge is 2.21. The molecule has 1 N–H and O–H groups in total. The molecule has 3 heteroatoms. The van der Waals surface area contributed by atoms with Crippen molar-refractivity contribution in [3.05, 3.63) is 27.2 Å². The van der Waals surface area contributed by atoms with E-state index in [0.29, 0.717) is 0 Å². The molecule has 0 aliphatic heterocycles. The predicted molar refractivity (Wildman–Crippen MR) is 77.5 cm³/mol. The van der Waals surface area contributed by atoms with Crippen LogP contribution in [-0.2, 0) is 12.8 Å². The largest absolute Gasteiger partial charge is 0.495 e. The Kier molecular flexibility index (Phi) is 4.68. The van der Waals surface area contributed by atoms with Crippen molar-refractivity contribution < 1.29 is 9.84 Å². The summed E-state index contributed by atoms with van der Waals surface area (Å²) in [5.41, 5.74) is 3.95. The van der Waals surface area contributed by atoms with E-state index < -0.39 is 0 Å². The van der Waals surface area contributed by atoms with Crippen LogP contribution in [0.4, 0.5) is 0 Å². The summed E-state index contributed by atoms with van der Waals surface area (Å²) in [5, 5.41) is 9.39. The molecule has 0 aromatic heterocycles. The number of halogens is 1. The molecule has 1 aliphatic rings. The van der Waals surface area contributed by atoms with Crippen molar-refractivity contribution in [3.8, 4) is 5.75 Å². The van der Waals surface area contributed by atoms with E-state index in [-0.39, 0.29) is 12.5 Å². The Labute approximate surface area is 117 Å². The summed E-state index contributed by atoms with van der Waals surface area (Å²) in [4.78, 5) is 0. The molecule has 18 heavy (non-hydrogen) atoms. The Morgan fingerprint density at radius 3 is 2.72 bits per heavy atom. The molecule has 1 unspecified atom stereocenters. The number of rotatable bonds is 3. The molecule has 1 atom stereocenters. The van der Waals surface area contributed by atoms with Crippen molar-refractivity contribution in [1.29, 1.82) is 0 Å². The molecule has 0 saturated carbocycles. The lowest BCUT2D eigenvalue weighted by Gasteiger charge is -2.20. The fraction of sp³-hybridized carbons (Fsp3) is 0.600. The SMILES string of the molecule is COc1c(C(C)CO)cc2c(c1Br)CCCCC2. The van der Waals surface area contributed by atoms with E-state index in [1.807, 2.05) is 6.92 Å². The first-order valence-corrected chi connectivity index (χ1v) is 7.47. The second-order valence-electron chi connectivity index (χ2n) is 5.09. The minimum Gasteiger partial charge on any atom is -0.495 e. The summed E-state index contributed by atoms with van der Waals surface area (Å²) < 4.78 is 6.64. The van der Waals surface area contributed by atoms with Gasteiger partial charge in [0.2, 0.25) is 0 Å². The van der Waals surface area contributed by atoms with Crippen LogP contribution in [-0.4, -0.2) is 18.8 Å². The zero-order valence-corrected chi connectivity index (χ0v) is 12.7. The van der Waals surface area contributed by atoms with Gasteiger partial charge in [0.25, 0.3) is 0 Å². The van der Waals surface area contributed by atoms with Gasteiger partial charge in [-0.05, 0) is 52.7 Å². The van der Waals surface area contributed by atoms with Crippen molar-refractivity contribution in [2.75, 3.05) is 13.7 Å². The van der Waals surface area contributed by atoms with E-state index in [1.165, 1.54) is 30.4 Å². The lowest BCUT2D eigenvalue weighted by atomic mass is 9.93. The van der Waals surface area contributed by atoms with Crippen LogP contribution in [0.3, 0.4) is 0 Å². The van der Waals surface area contributed by atoms with Gasteiger partial charge in [-0.3, -0.25) is 0 Å². The fourth-order valence-electron chi connectivity index (χ4n) is 2.70. The molecule has 0 radical (unpaired) electrons. The van der Waals surface area contributed by atoms with Gasteiger partial charge in [-0.1, -0.05) is 19.4 Å². The van der Waals surface area contributed by atoms with Crippen LogP contribution >= 0.6 is 15.9 Å². The van der Waals surface area contributed by atoms with Gasteiger partial charge in [0.05, 0.1) is 11.6 Å². The van der Waals surface area contributed by atoms with Crippen molar-refractivity contribution in [2.45, 2.75) is 44.9 Å². The third-order valence-corrected chi connectivity index (χ3v) is 4.66. The molecule has 100 valence electrons. The number of aliphatic hydroxyl groups excluding tert-OH is 1. The number of hydrogen-bond donors (Lipinski definition) is 1. The van der Waals surface area contributed by atoms with E-state index in [4.69, 9.17) is 4.74 Å². The summed E-state index contributed by atoms with van der Waals surface area (Å²) >= 11 is 3.70. The molecule has 1 aliphatic carbocycles. The van der Waals surface area contributed by atoms with E-state index in [9.17, 15) is 5.11 Å². The quantitative estimate of drug-likeness (QED) is 0.860. The normalized spacial score (nSPS) is 16.9. The molecule has 0 amide bonds. The second kappa shape index (κ2) is 6.07. The van der Waals surface area contributed by atoms with Gasteiger partial charge in [-0.2, -0.15) is 0 Å². The molecular formula is C15H21BrO2. The maximum absolute atomic E-state index is 9.39. The van der Waals surface area contributed by atoms with Gasteiger partial charge in [-0.25, -0.2) is 0 Å². The molecular weight excluding hydrogens is 292 g/mol. The van der Waals surface area contributed by atoms with Crippen LogP contribution in [0.2, 0.25) is 0 Å². The summed E-state index contributed by atoms with van der Waals surface area (Å²) in [7, 11) is 1.71. The third kappa shape index (κ3) is 2.57. The van der Waals surface area contributed by atoms with Crippen LogP contribution in [0, 0.1) is 0 Å². The standard InChI is InChI=1S/C15H21BrO2/c1-10(9-17)13-8-11-6-4-3-5-7-12(11)14(16)15(13)18-2/h8,10,17H,3-7,9H2,1-2H3.